The number of benzene rings is 2. The molecule has 36 heavy (non-hydrogen) atoms. The number of aryl methyl sites for hydroxylation is 3. The zero-order valence-electron chi connectivity index (χ0n) is 21.8. The second-order valence-electron chi connectivity index (χ2n) is 9.45. The largest absolute Gasteiger partial charge is 0.493 e. The lowest BCUT2D eigenvalue weighted by molar-refractivity contribution is -0.130. The molecule has 1 saturated carbocycles. The molecule has 1 amide bonds. The molecule has 2 heterocycles. The third-order valence-corrected chi connectivity index (χ3v) is 7.82. The van der Waals surface area contributed by atoms with E-state index < -0.39 is 0 Å². The number of aromatic nitrogens is 1. The Kier molecular flexibility index (Phi) is 8.86. The number of hydrogen-bond donors (Lipinski definition) is 0. The SMILES string of the molecule is COc1ccc(N2CCN(C(=O)Cc3sc(C)nc3C)CC2)cc1OC1CCC1.Cc1ccccc1. The van der Waals surface area contributed by atoms with E-state index in [9.17, 15) is 4.79 Å². The molecular weight excluding hydrogens is 470 g/mol. The first-order valence-electron chi connectivity index (χ1n) is 12.7. The van der Waals surface area contributed by atoms with Crippen LogP contribution < -0.4 is 14.4 Å². The number of carbonyl (C=O) groups excluding carboxylic acids is 1. The van der Waals surface area contributed by atoms with Gasteiger partial charge in [-0.05, 0) is 52.2 Å². The third-order valence-electron chi connectivity index (χ3n) is 6.74. The number of anilines is 1. The number of carbonyl (C=O) groups is 1. The third kappa shape index (κ3) is 6.78. The standard InChI is InChI=1S/C22H29N3O3S.C7H8/c1-15-21(29-16(2)23-15)14-22(26)25-11-9-24(10-12-25)17-7-8-19(27-3)20(13-17)28-18-5-4-6-18;1-7-5-3-2-4-6-7/h7-8,13,18H,4-6,9-12,14H2,1-3H3;2-6H,1H3. The highest BCUT2D eigenvalue weighted by Crippen LogP contribution is 2.35. The van der Waals surface area contributed by atoms with E-state index in [4.69, 9.17) is 9.47 Å². The van der Waals surface area contributed by atoms with Gasteiger partial charge in [0.1, 0.15) is 0 Å². The molecule has 6 nitrogen and oxygen atoms in total. The number of ether oxygens (including phenoxy) is 2. The van der Waals surface area contributed by atoms with E-state index in [0.29, 0.717) is 12.5 Å². The fourth-order valence-electron chi connectivity index (χ4n) is 4.36. The summed E-state index contributed by atoms with van der Waals surface area (Å²) in [6.07, 6.45) is 4.25. The maximum Gasteiger partial charge on any atom is 0.228 e. The number of piperazine rings is 1. The van der Waals surface area contributed by atoms with Gasteiger partial charge in [0.05, 0.1) is 30.3 Å². The smallest absolute Gasteiger partial charge is 0.228 e. The monoisotopic (exact) mass is 507 g/mol. The highest BCUT2D eigenvalue weighted by atomic mass is 32.1. The molecule has 192 valence electrons. The van der Waals surface area contributed by atoms with Crippen LogP contribution in [-0.2, 0) is 11.2 Å². The van der Waals surface area contributed by atoms with Crippen LogP contribution in [0.1, 0.15) is 40.4 Å². The van der Waals surface area contributed by atoms with E-state index >= 15 is 0 Å². The van der Waals surface area contributed by atoms with Gasteiger partial charge in [-0.25, -0.2) is 4.98 Å². The predicted molar refractivity (Wildman–Crippen MR) is 147 cm³/mol. The van der Waals surface area contributed by atoms with Crippen LogP contribution in [0.3, 0.4) is 0 Å². The van der Waals surface area contributed by atoms with Crippen molar-refractivity contribution in [1.29, 1.82) is 0 Å². The van der Waals surface area contributed by atoms with Gasteiger partial charge in [-0.2, -0.15) is 0 Å². The molecule has 2 fully saturated rings. The van der Waals surface area contributed by atoms with E-state index in [1.807, 2.05) is 43.0 Å². The van der Waals surface area contributed by atoms with Crippen LogP contribution in [0.25, 0.3) is 0 Å². The fraction of sp³-hybridized carbons (Fsp3) is 0.448. The van der Waals surface area contributed by atoms with Crippen LogP contribution in [0.4, 0.5) is 5.69 Å². The molecule has 5 rings (SSSR count). The summed E-state index contributed by atoms with van der Waals surface area (Å²) in [6, 6.07) is 16.4. The molecule has 2 aromatic carbocycles. The second-order valence-corrected chi connectivity index (χ2v) is 10.7. The summed E-state index contributed by atoms with van der Waals surface area (Å²) < 4.78 is 11.6. The van der Waals surface area contributed by atoms with Gasteiger partial charge in [-0.15, -0.1) is 11.3 Å². The van der Waals surface area contributed by atoms with Gasteiger partial charge in [-0.3, -0.25) is 4.79 Å². The summed E-state index contributed by atoms with van der Waals surface area (Å²) in [4.78, 5) is 22.5. The number of methoxy groups -OCH3 is 1. The Morgan fingerprint density at radius 3 is 2.25 bits per heavy atom. The molecule has 0 unspecified atom stereocenters. The summed E-state index contributed by atoms with van der Waals surface area (Å²) in [5.74, 6) is 1.80. The average Bonchev–Trinajstić information content (AvgIpc) is 3.18. The Bertz CT molecular complexity index is 1140. The van der Waals surface area contributed by atoms with Gasteiger partial charge < -0.3 is 19.3 Å². The Morgan fingerprint density at radius 1 is 1.00 bits per heavy atom. The molecule has 1 saturated heterocycles. The van der Waals surface area contributed by atoms with Gasteiger partial charge in [0, 0.05) is 42.8 Å². The Hall–Kier alpha value is -3.06. The molecule has 0 radical (unpaired) electrons. The summed E-state index contributed by atoms with van der Waals surface area (Å²) in [7, 11) is 1.68. The van der Waals surface area contributed by atoms with Crippen molar-refractivity contribution in [3.8, 4) is 11.5 Å². The van der Waals surface area contributed by atoms with Crippen molar-refractivity contribution >= 4 is 22.9 Å². The zero-order valence-corrected chi connectivity index (χ0v) is 22.6. The first-order chi connectivity index (χ1) is 17.4. The lowest BCUT2D eigenvalue weighted by atomic mass is 9.96. The van der Waals surface area contributed by atoms with Gasteiger partial charge in [0.2, 0.25) is 5.91 Å². The highest BCUT2D eigenvalue weighted by molar-refractivity contribution is 7.11. The minimum absolute atomic E-state index is 0.195. The van der Waals surface area contributed by atoms with Crippen molar-refractivity contribution in [2.75, 3.05) is 38.2 Å². The topological polar surface area (TPSA) is 54.9 Å². The Labute approximate surface area is 218 Å². The first kappa shape index (κ1) is 26.0. The summed E-state index contributed by atoms with van der Waals surface area (Å²) in [5.41, 5.74) is 3.43. The van der Waals surface area contributed by atoms with Gasteiger partial charge in [0.25, 0.3) is 0 Å². The Morgan fingerprint density at radius 2 is 1.72 bits per heavy atom. The van der Waals surface area contributed by atoms with Crippen LogP contribution in [0, 0.1) is 20.8 Å². The lowest BCUT2D eigenvalue weighted by Crippen LogP contribution is -2.49. The van der Waals surface area contributed by atoms with Crippen molar-refractivity contribution in [1.82, 2.24) is 9.88 Å². The Balaban J connectivity index is 0.000000375. The molecule has 0 bridgehead atoms. The van der Waals surface area contributed by atoms with E-state index in [2.05, 4.69) is 41.1 Å². The minimum atomic E-state index is 0.195. The molecular formula is C29H37N3O3S. The molecule has 3 aromatic rings. The van der Waals surface area contributed by atoms with Crippen molar-refractivity contribution in [2.45, 2.75) is 52.6 Å². The van der Waals surface area contributed by atoms with Crippen LogP contribution in [0.15, 0.2) is 48.5 Å². The molecule has 2 aliphatic rings. The van der Waals surface area contributed by atoms with Crippen LogP contribution in [-0.4, -0.2) is 55.2 Å². The molecule has 0 N–H and O–H groups in total. The molecule has 0 atom stereocenters. The van der Waals surface area contributed by atoms with E-state index in [-0.39, 0.29) is 5.91 Å². The van der Waals surface area contributed by atoms with E-state index in [1.165, 1.54) is 12.0 Å². The maximum atomic E-state index is 12.7. The van der Waals surface area contributed by atoms with Crippen molar-refractivity contribution in [2.24, 2.45) is 0 Å². The molecule has 1 aliphatic carbocycles. The average molecular weight is 508 g/mol. The molecule has 0 spiro atoms. The maximum absolute atomic E-state index is 12.7. The normalized spacial score (nSPS) is 15.6. The quantitative estimate of drug-likeness (QED) is 0.436. The predicted octanol–water partition coefficient (Wildman–Crippen LogP) is 5.59. The highest BCUT2D eigenvalue weighted by Gasteiger charge is 2.25. The van der Waals surface area contributed by atoms with Gasteiger partial charge >= 0.3 is 0 Å². The van der Waals surface area contributed by atoms with Crippen LogP contribution in [0.5, 0.6) is 11.5 Å². The number of thiazole rings is 1. The van der Waals surface area contributed by atoms with Crippen molar-refractivity contribution in [3.63, 3.8) is 0 Å². The summed E-state index contributed by atoms with van der Waals surface area (Å²) in [6.45, 7) is 9.17. The zero-order chi connectivity index (χ0) is 25.5. The fourth-order valence-corrected chi connectivity index (χ4v) is 5.29. The van der Waals surface area contributed by atoms with E-state index in [0.717, 1.165) is 71.8 Å². The summed E-state index contributed by atoms with van der Waals surface area (Å²) >= 11 is 1.63. The van der Waals surface area contributed by atoms with E-state index in [1.54, 1.807) is 18.4 Å². The number of nitrogens with zero attached hydrogens (tertiary/aromatic N) is 3. The van der Waals surface area contributed by atoms with Crippen LogP contribution >= 0.6 is 11.3 Å². The van der Waals surface area contributed by atoms with Crippen molar-refractivity contribution in [3.05, 3.63) is 69.7 Å². The van der Waals surface area contributed by atoms with Gasteiger partial charge in [0.15, 0.2) is 11.5 Å². The number of amides is 1. The molecule has 7 heteroatoms. The number of rotatable bonds is 6. The van der Waals surface area contributed by atoms with Gasteiger partial charge in [-0.1, -0.05) is 35.9 Å². The lowest BCUT2D eigenvalue weighted by Gasteiger charge is -2.36. The summed E-state index contributed by atoms with van der Waals surface area (Å²) in [5, 5.41) is 1.02. The van der Waals surface area contributed by atoms with Crippen LogP contribution in [0.2, 0.25) is 0 Å². The second kappa shape index (κ2) is 12.3. The molecule has 1 aliphatic heterocycles. The first-order valence-corrected chi connectivity index (χ1v) is 13.6. The number of hydrogen-bond acceptors (Lipinski definition) is 6. The minimum Gasteiger partial charge on any atom is -0.493 e. The molecule has 1 aromatic heterocycles. The van der Waals surface area contributed by atoms with Crippen molar-refractivity contribution < 1.29 is 14.3 Å².